The van der Waals surface area contributed by atoms with Gasteiger partial charge in [-0.3, -0.25) is 8.74 Å². The molecule has 1 rings (SSSR count). The van der Waals surface area contributed by atoms with Crippen LogP contribution < -0.4 is 0 Å². The summed E-state index contributed by atoms with van der Waals surface area (Å²) in [5, 5.41) is 0. The van der Waals surface area contributed by atoms with E-state index in [1.807, 2.05) is 0 Å². The lowest BCUT2D eigenvalue weighted by Gasteiger charge is -2.09. The van der Waals surface area contributed by atoms with E-state index in [4.69, 9.17) is 4.55 Å². The zero-order valence-corrected chi connectivity index (χ0v) is 7.75. The molecule has 1 aromatic rings. The summed E-state index contributed by atoms with van der Waals surface area (Å²) in [6.07, 6.45) is -0.730. The van der Waals surface area contributed by atoms with E-state index in [9.17, 15) is 8.60 Å². The molecule has 0 aliphatic rings. The summed E-state index contributed by atoms with van der Waals surface area (Å²) in [4.78, 5) is 0. The van der Waals surface area contributed by atoms with Crippen LogP contribution in [0.15, 0.2) is 24.3 Å². The van der Waals surface area contributed by atoms with Crippen molar-refractivity contribution in [3.05, 3.63) is 35.6 Å². The number of rotatable bonds is 3. The average molecular weight is 204 g/mol. The summed E-state index contributed by atoms with van der Waals surface area (Å²) in [7, 11) is 0. The Kier molecular flexibility index (Phi) is 3.53. The van der Waals surface area contributed by atoms with Crippen LogP contribution in [0.1, 0.15) is 18.6 Å². The summed E-state index contributed by atoms with van der Waals surface area (Å²) in [6, 6.07) is 5.96. The molecule has 0 bridgehead atoms. The van der Waals surface area contributed by atoms with E-state index < -0.39 is 23.3 Å². The van der Waals surface area contributed by atoms with E-state index in [-0.39, 0.29) is 5.56 Å². The Morgan fingerprint density at radius 2 is 2.15 bits per heavy atom. The lowest BCUT2D eigenvalue weighted by Crippen LogP contribution is -2.04. The highest BCUT2D eigenvalue weighted by molar-refractivity contribution is 7.74. The Bertz CT molecular complexity index is 316. The van der Waals surface area contributed by atoms with Crippen LogP contribution in [0.5, 0.6) is 0 Å². The van der Waals surface area contributed by atoms with Crippen LogP contribution in [-0.4, -0.2) is 8.76 Å². The highest BCUT2D eigenvalue weighted by Gasteiger charge is 2.12. The largest absolute Gasteiger partial charge is 0.302 e. The number of hydrogen-bond acceptors (Lipinski definition) is 2. The highest BCUT2D eigenvalue weighted by atomic mass is 32.2. The Hall–Kier alpha value is -0.780. The van der Waals surface area contributed by atoms with Crippen LogP contribution in [0.2, 0.25) is 0 Å². The van der Waals surface area contributed by atoms with Crippen LogP contribution >= 0.6 is 0 Å². The molecule has 0 fully saturated rings. The summed E-state index contributed by atoms with van der Waals surface area (Å²) >= 11 is -2.37. The maximum Gasteiger partial charge on any atom is 0.302 e. The van der Waals surface area contributed by atoms with Gasteiger partial charge in [0.2, 0.25) is 0 Å². The van der Waals surface area contributed by atoms with Crippen LogP contribution in [0.4, 0.5) is 4.39 Å². The first kappa shape index (κ1) is 10.3. The minimum Gasteiger partial charge on any atom is -0.284 e. The number of hydrogen-bond donors (Lipinski definition) is 1. The van der Waals surface area contributed by atoms with Crippen LogP contribution in [0, 0.1) is 5.82 Å². The molecule has 13 heavy (non-hydrogen) atoms. The van der Waals surface area contributed by atoms with Gasteiger partial charge in [-0.2, -0.15) is 4.21 Å². The molecule has 0 aromatic heterocycles. The molecule has 2 unspecified atom stereocenters. The van der Waals surface area contributed by atoms with Crippen molar-refractivity contribution in [3.63, 3.8) is 0 Å². The molecule has 0 amide bonds. The van der Waals surface area contributed by atoms with E-state index in [1.165, 1.54) is 19.1 Å². The molecular formula is C8H9FO3S. The molecule has 72 valence electrons. The molecule has 0 aliphatic carbocycles. The van der Waals surface area contributed by atoms with Crippen molar-refractivity contribution >= 4 is 11.4 Å². The fraction of sp³-hybridized carbons (Fsp3) is 0.250. The average Bonchev–Trinajstić information content (AvgIpc) is 2.03. The fourth-order valence-electron chi connectivity index (χ4n) is 0.980. The second-order valence-corrected chi connectivity index (χ2v) is 3.10. The fourth-order valence-corrected chi connectivity index (χ4v) is 1.33. The first-order valence-electron chi connectivity index (χ1n) is 3.63. The van der Waals surface area contributed by atoms with E-state index in [0.717, 1.165) is 0 Å². The first-order chi connectivity index (χ1) is 6.11. The Labute approximate surface area is 78.0 Å². The van der Waals surface area contributed by atoms with E-state index in [0.29, 0.717) is 0 Å². The third kappa shape index (κ3) is 2.87. The van der Waals surface area contributed by atoms with Crippen molar-refractivity contribution < 1.29 is 17.3 Å². The summed E-state index contributed by atoms with van der Waals surface area (Å²) in [6.45, 7) is 1.51. The summed E-state index contributed by atoms with van der Waals surface area (Å²) in [5.41, 5.74) is 0.268. The van der Waals surface area contributed by atoms with Crippen molar-refractivity contribution in [2.75, 3.05) is 0 Å². The molecule has 2 atom stereocenters. The van der Waals surface area contributed by atoms with Gasteiger partial charge in [-0.05, 0) is 13.0 Å². The van der Waals surface area contributed by atoms with Gasteiger partial charge in [-0.1, -0.05) is 18.2 Å². The smallest absolute Gasteiger partial charge is 0.284 e. The predicted octanol–water partition coefficient (Wildman–Crippen LogP) is 2.04. The molecule has 1 aromatic carbocycles. The molecule has 0 saturated heterocycles. The first-order valence-corrected chi connectivity index (χ1v) is 4.67. The molecular weight excluding hydrogens is 195 g/mol. The van der Waals surface area contributed by atoms with E-state index in [1.54, 1.807) is 12.1 Å². The molecule has 0 aliphatic heterocycles. The topological polar surface area (TPSA) is 46.5 Å². The number of benzene rings is 1. The molecule has 1 N–H and O–H groups in total. The molecule has 0 spiro atoms. The van der Waals surface area contributed by atoms with Gasteiger partial charge in [0.1, 0.15) is 11.9 Å². The van der Waals surface area contributed by atoms with Crippen LogP contribution in [0.3, 0.4) is 0 Å². The maximum absolute atomic E-state index is 13.0. The summed E-state index contributed by atoms with van der Waals surface area (Å²) in [5.74, 6) is -0.444. The van der Waals surface area contributed by atoms with Gasteiger partial charge in [-0.15, -0.1) is 0 Å². The lowest BCUT2D eigenvalue weighted by molar-refractivity contribution is 0.222. The maximum atomic E-state index is 13.0. The van der Waals surface area contributed by atoms with Gasteiger partial charge < -0.3 is 0 Å². The Morgan fingerprint density at radius 3 is 2.69 bits per heavy atom. The normalized spacial score (nSPS) is 15.3. The van der Waals surface area contributed by atoms with Gasteiger partial charge in [0.25, 0.3) is 0 Å². The number of halogens is 1. The van der Waals surface area contributed by atoms with Crippen molar-refractivity contribution in [3.8, 4) is 0 Å². The van der Waals surface area contributed by atoms with Crippen molar-refractivity contribution in [1.29, 1.82) is 0 Å². The molecule has 0 radical (unpaired) electrons. The Balaban J connectivity index is 2.82. The van der Waals surface area contributed by atoms with Gasteiger partial charge in [0, 0.05) is 5.56 Å². The van der Waals surface area contributed by atoms with Gasteiger partial charge in [-0.25, -0.2) is 4.39 Å². The van der Waals surface area contributed by atoms with E-state index in [2.05, 4.69) is 4.18 Å². The molecule has 5 heteroatoms. The highest BCUT2D eigenvalue weighted by Crippen LogP contribution is 2.19. The second-order valence-electron chi connectivity index (χ2n) is 2.48. The van der Waals surface area contributed by atoms with Gasteiger partial charge in [0.05, 0.1) is 0 Å². The lowest BCUT2D eigenvalue weighted by atomic mass is 10.1. The van der Waals surface area contributed by atoms with E-state index >= 15 is 0 Å². The van der Waals surface area contributed by atoms with Gasteiger partial charge >= 0.3 is 11.4 Å². The minimum atomic E-state index is -2.37. The minimum absolute atomic E-state index is 0.268. The van der Waals surface area contributed by atoms with Crippen LogP contribution in [-0.2, 0) is 15.5 Å². The predicted molar refractivity (Wildman–Crippen MR) is 46.7 cm³/mol. The SMILES string of the molecule is CC(OS(=O)O)c1ccccc1F. The standard InChI is InChI=1S/C8H9FO3S/c1-6(12-13(10)11)7-4-2-3-5-8(7)9/h2-6H,1H3,(H,10,11). The molecule has 3 nitrogen and oxygen atoms in total. The quantitative estimate of drug-likeness (QED) is 0.766. The van der Waals surface area contributed by atoms with Gasteiger partial charge in [0.15, 0.2) is 0 Å². The summed E-state index contributed by atoms with van der Waals surface area (Å²) < 4.78 is 36.2. The van der Waals surface area contributed by atoms with Crippen molar-refractivity contribution in [1.82, 2.24) is 0 Å². The third-order valence-electron chi connectivity index (χ3n) is 1.57. The molecule has 0 saturated carbocycles. The van der Waals surface area contributed by atoms with Crippen molar-refractivity contribution in [2.45, 2.75) is 13.0 Å². The van der Waals surface area contributed by atoms with Crippen molar-refractivity contribution in [2.24, 2.45) is 0 Å². The Morgan fingerprint density at radius 1 is 1.54 bits per heavy atom. The molecule has 0 heterocycles. The zero-order chi connectivity index (χ0) is 9.84. The third-order valence-corrected chi connectivity index (χ3v) is 2.02. The second kappa shape index (κ2) is 4.45. The van der Waals surface area contributed by atoms with Crippen LogP contribution in [0.25, 0.3) is 0 Å². The monoisotopic (exact) mass is 204 g/mol. The zero-order valence-electron chi connectivity index (χ0n) is 6.94.